The van der Waals surface area contributed by atoms with Gasteiger partial charge < -0.3 is 15.5 Å². The number of nitrogens with zero attached hydrogens (tertiary/aromatic N) is 3. The number of aromatic nitrogens is 1. The molecule has 6 heteroatoms. The SMILES string of the molecule is CCN(CC)C(=O)C(c1ccccc1)C1CCN(c2cc[c]cn2)C(C(N)=O)C1. The van der Waals surface area contributed by atoms with Crippen LogP contribution in [-0.2, 0) is 9.59 Å². The molecule has 1 aliphatic heterocycles. The van der Waals surface area contributed by atoms with Gasteiger partial charge in [-0.3, -0.25) is 9.59 Å². The predicted octanol–water partition coefficient (Wildman–Crippen LogP) is 2.60. The van der Waals surface area contributed by atoms with Crippen LogP contribution >= 0.6 is 0 Å². The van der Waals surface area contributed by atoms with E-state index in [9.17, 15) is 9.59 Å². The highest BCUT2D eigenvalue weighted by molar-refractivity contribution is 5.86. The number of anilines is 1. The van der Waals surface area contributed by atoms with E-state index in [0.29, 0.717) is 26.1 Å². The second kappa shape index (κ2) is 9.54. The third kappa shape index (κ3) is 4.58. The first-order valence-corrected chi connectivity index (χ1v) is 10.3. The van der Waals surface area contributed by atoms with E-state index in [1.807, 2.05) is 60.0 Å². The molecule has 3 rings (SSSR count). The molecule has 3 atom stereocenters. The summed E-state index contributed by atoms with van der Waals surface area (Å²) in [6.45, 7) is 5.96. The van der Waals surface area contributed by atoms with Gasteiger partial charge in [-0.15, -0.1) is 0 Å². The number of rotatable bonds is 7. The van der Waals surface area contributed by atoms with E-state index < -0.39 is 6.04 Å². The van der Waals surface area contributed by atoms with Gasteiger partial charge in [0.25, 0.3) is 0 Å². The first-order valence-electron chi connectivity index (χ1n) is 10.3. The van der Waals surface area contributed by atoms with Gasteiger partial charge in [0.2, 0.25) is 11.8 Å². The van der Waals surface area contributed by atoms with E-state index in [-0.39, 0.29) is 23.7 Å². The lowest BCUT2D eigenvalue weighted by atomic mass is 9.76. The molecule has 1 saturated heterocycles. The molecule has 29 heavy (non-hydrogen) atoms. The van der Waals surface area contributed by atoms with Crippen LogP contribution in [0.25, 0.3) is 0 Å². The molecule has 3 unspecified atom stereocenters. The van der Waals surface area contributed by atoms with Crippen LogP contribution in [0, 0.1) is 12.0 Å². The van der Waals surface area contributed by atoms with Crippen molar-refractivity contribution in [2.45, 2.75) is 38.6 Å². The van der Waals surface area contributed by atoms with Crippen LogP contribution in [0.3, 0.4) is 0 Å². The molecule has 1 fully saturated rings. The number of hydrogen-bond donors (Lipinski definition) is 1. The Morgan fingerprint density at radius 2 is 1.97 bits per heavy atom. The van der Waals surface area contributed by atoms with Crippen LogP contribution in [-0.4, -0.2) is 47.4 Å². The van der Waals surface area contributed by atoms with Gasteiger partial charge in [-0.1, -0.05) is 30.3 Å². The maximum Gasteiger partial charge on any atom is 0.240 e. The van der Waals surface area contributed by atoms with E-state index in [2.05, 4.69) is 11.1 Å². The third-order valence-corrected chi connectivity index (χ3v) is 5.84. The summed E-state index contributed by atoms with van der Waals surface area (Å²) < 4.78 is 0. The molecule has 0 spiro atoms. The molecule has 6 nitrogen and oxygen atoms in total. The van der Waals surface area contributed by atoms with E-state index in [4.69, 9.17) is 5.73 Å². The third-order valence-electron chi connectivity index (χ3n) is 5.84. The Morgan fingerprint density at radius 1 is 1.24 bits per heavy atom. The van der Waals surface area contributed by atoms with E-state index in [1.165, 1.54) is 0 Å². The summed E-state index contributed by atoms with van der Waals surface area (Å²) >= 11 is 0. The van der Waals surface area contributed by atoms with Crippen LogP contribution in [0.15, 0.2) is 48.7 Å². The highest BCUT2D eigenvalue weighted by Crippen LogP contribution is 2.37. The fourth-order valence-electron chi connectivity index (χ4n) is 4.33. The molecule has 0 bridgehead atoms. The number of hydrogen-bond acceptors (Lipinski definition) is 4. The van der Waals surface area contributed by atoms with Crippen molar-refractivity contribution in [2.24, 2.45) is 11.7 Å². The molecule has 2 aromatic rings. The van der Waals surface area contributed by atoms with Crippen molar-refractivity contribution in [1.29, 1.82) is 0 Å². The van der Waals surface area contributed by atoms with Crippen molar-refractivity contribution in [2.75, 3.05) is 24.5 Å². The highest BCUT2D eigenvalue weighted by atomic mass is 16.2. The Hall–Kier alpha value is -2.89. The number of piperidine rings is 1. The molecular formula is C23H29N4O2. The summed E-state index contributed by atoms with van der Waals surface area (Å²) in [5, 5.41) is 0. The summed E-state index contributed by atoms with van der Waals surface area (Å²) in [6, 6.07) is 15.9. The number of amides is 2. The maximum absolute atomic E-state index is 13.4. The topological polar surface area (TPSA) is 79.5 Å². The van der Waals surface area contributed by atoms with Gasteiger partial charge in [0.15, 0.2) is 0 Å². The van der Waals surface area contributed by atoms with Gasteiger partial charge >= 0.3 is 0 Å². The van der Waals surface area contributed by atoms with Crippen molar-refractivity contribution < 1.29 is 9.59 Å². The van der Waals surface area contributed by atoms with E-state index in [0.717, 1.165) is 17.8 Å². The van der Waals surface area contributed by atoms with Gasteiger partial charge in [0.1, 0.15) is 11.9 Å². The van der Waals surface area contributed by atoms with Gasteiger partial charge in [0.05, 0.1) is 5.92 Å². The molecule has 1 aromatic heterocycles. The van der Waals surface area contributed by atoms with Gasteiger partial charge in [-0.25, -0.2) is 4.98 Å². The molecule has 1 aromatic carbocycles. The number of carbonyl (C=O) groups excluding carboxylic acids is 2. The Balaban J connectivity index is 1.91. The second-order valence-electron chi connectivity index (χ2n) is 7.41. The summed E-state index contributed by atoms with van der Waals surface area (Å²) in [5.41, 5.74) is 6.77. The van der Waals surface area contributed by atoms with Crippen molar-refractivity contribution in [3.63, 3.8) is 0 Å². The normalized spacial score (nSPS) is 20.1. The Bertz CT molecular complexity index is 808. The van der Waals surface area contributed by atoms with Crippen LogP contribution in [0.2, 0.25) is 0 Å². The molecule has 153 valence electrons. The van der Waals surface area contributed by atoms with Crippen molar-refractivity contribution in [3.05, 3.63) is 60.3 Å². The fourth-order valence-corrected chi connectivity index (χ4v) is 4.33. The highest BCUT2D eigenvalue weighted by Gasteiger charge is 2.40. The quantitative estimate of drug-likeness (QED) is 0.784. The van der Waals surface area contributed by atoms with Crippen molar-refractivity contribution in [3.8, 4) is 0 Å². The van der Waals surface area contributed by atoms with E-state index in [1.54, 1.807) is 12.3 Å². The lowest BCUT2D eigenvalue weighted by Gasteiger charge is -2.41. The molecule has 1 aliphatic rings. The minimum Gasteiger partial charge on any atom is -0.368 e. The Morgan fingerprint density at radius 3 is 2.55 bits per heavy atom. The van der Waals surface area contributed by atoms with Gasteiger partial charge in [-0.05, 0) is 50.3 Å². The van der Waals surface area contributed by atoms with Crippen LogP contribution in [0.4, 0.5) is 5.82 Å². The molecule has 2 N–H and O–H groups in total. The predicted molar refractivity (Wildman–Crippen MR) is 113 cm³/mol. The van der Waals surface area contributed by atoms with Crippen LogP contribution in [0.1, 0.15) is 38.2 Å². The largest absolute Gasteiger partial charge is 0.368 e. The lowest BCUT2D eigenvalue weighted by molar-refractivity contribution is -0.134. The number of primary amides is 1. The average Bonchev–Trinajstić information content (AvgIpc) is 2.76. The number of nitrogens with two attached hydrogens (primary N) is 1. The zero-order chi connectivity index (χ0) is 20.8. The van der Waals surface area contributed by atoms with Crippen LogP contribution in [0.5, 0.6) is 0 Å². The first-order chi connectivity index (χ1) is 14.1. The number of benzene rings is 1. The molecule has 0 aliphatic carbocycles. The Kier molecular flexibility index (Phi) is 6.86. The average molecular weight is 394 g/mol. The number of carbonyl (C=O) groups is 2. The minimum absolute atomic E-state index is 0.0366. The summed E-state index contributed by atoms with van der Waals surface area (Å²) in [5.74, 6) is 0.214. The first kappa shape index (κ1) is 20.8. The van der Waals surface area contributed by atoms with Crippen molar-refractivity contribution >= 4 is 17.6 Å². The zero-order valence-corrected chi connectivity index (χ0v) is 17.1. The lowest BCUT2D eigenvalue weighted by Crippen LogP contribution is -2.52. The molecular weight excluding hydrogens is 364 g/mol. The van der Waals surface area contributed by atoms with Crippen LogP contribution < -0.4 is 10.6 Å². The standard InChI is InChI=1S/C23H29N4O2/c1-3-26(4-2)23(29)21(17-10-6-5-7-11-17)18-13-15-27(19(16-18)22(24)28)20-12-8-9-14-25-20/h5-8,10-12,14,18-19,21H,3-4,13,15-16H2,1-2H3,(H2,24,28). The second-order valence-corrected chi connectivity index (χ2v) is 7.41. The Labute approximate surface area is 172 Å². The number of likely N-dealkylation sites (N-methyl/N-ethyl adjacent to an activating group) is 1. The minimum atomic E-state index is -0.487. The molecule has 2 amide bonds. The van der Waals surface area contributed by atoms with Gasteiger partial charge in [-0.2, -0.15) is 0 Å². The maximum atomic E-state index is 13.4. The smallest absolute Gasteiger partial charge is 0.240 e. The van der Waals surface area contributed by atoms with Gasteiger partial charge in [0, 0.05) is 31.9 Å². The van der Waals surface area contributed by atoms with E-state index >= 15 is 0 Å². The van der Waals surface area contributed by atoms with Crippen molar-refractivity contribution in [1.82, 2.24) is 9.88 Å². The monoisotopic (exact) mass is 393 g/mol. The zero-order valence-electron chi connectivity index (χ0n) is 17.1. The summed E-state index contributed by atoms with van der Waals surface area (Å²) in [4.78, 5) is 33.9. The molecule has 2 heterocycles. The number of pyridine rings is 1. The summed E-state index contributed by atoms with van der Waals surface area (Å²) in [6.07, 6.45) is 2.91. The fraction of sp³-hybridized carbons (Fsp3) is 0.435. The molecule has 0 saturated carbocycles. The molecule has 1 radical (unpaired) electrons. The summed E-state index contributed by atoms with van der Waals surface area (Å²) in [7, 11) is 0.